The normalized spacial score (nSPS) is 16.1. The first-order chi connectivity index (χ1) is 13.5. The molecule has 7 heteroatoms. The highest BCUT2D eigenvalue weighted by Crippen LogP contribution is 2.31. The second-order valence-corrected chi connectivity index (χ2v) is 7.05. The van der Waals surface area contributed by atoms with Gasteiger partial charge in [-0.3, -0.25) is 14.4 Å². The average molecular weight is 400 g/mol. The summed E-state index contributed by atoms with van der Waals surface area (Å²) in [6.45, 7) is 2.78. The fourth-order valence-electron chi connectivity index (χ4n) is 3.15. The smallest absolute Gasteiger partial charge is 0.253 e. The number of carbonyl (C=O) groups excluding carboxylic acids is 3. The molecule has 0 saturated carbocycles. The third-order valence-electron chi connectivity index (χ3n) is 4.60. The van der Waals surface area contributed by atoms with Gasteiger partial charge >= 0.3 is 0 Å². The molecule has 146 valence electrons. The summed E-state index contributed by atoms with van der Waals surface area (Å²) in [5.41, 5.74) is 1.44. The second kappa shape index (κ2) is 8.89. The van der Waals surface area contributed by atoms with Crippen molar-refractivity contribution in [2.45, 2.75) is 19.8 Å². The van der Waals surface area contributed by atoms with Crippen LogP contribution in [0.1, 0.15) is 30.1 Å². The van der Waals surface area contributed by atoms with Crippen LogP contribution in [0.15, 0.2) is 48.5 Å². The van der Waals surface area contributed by atoms with Crippen LogP contribution in [0.2, 0.25) is 5.02 Å². The van der Waals surface area contributed by atoms with Crippen LogP contribution in [0.3, 0.4) is 0 Å². The van der Waals surface area contributed by atoms with Crippen LogP contribution in [0.25, 0.3) is 0 Å². The minimum Gasteiger partial charge on any atom is -0.352 e. The molecule has 2 aromatic carbocycles. The molecule has 0 aromatic heterocycles. The molecule has 1 aliphatic heterocycles. The number of benzene rings is 2. The molecule has 1 aliphatic rings. The summed E-state index contributed by atoms with van der Waals surface area (Å²) in [6.07, 6.45) is 0.920. The number of halogens is 1. The number of nitrogens with one attached hydrogen (secondary N) is 2. The quantitative estimate of drug-likeness (QED) is 0.780. The van der Waals surface area contributed by atoms with Crippen molar-refractivity contribution in [1.82, 2.24) is 5.32 Å². The highest BCUT2D eigenvalue weighted by Gasteiger charge is 2.36. The summed E-state index contributed by atoms with van der Waals surface area (Å²) < 4.78 is 0. The predicted octanol–water partition coefficient (Wildman–Crippen LogP) is 3.47. The van der Waals surface area contributed by atoms with Gasteiger partial charge in [-0.2, -0.15) is 0 Å². The summed E-state index contributed by atoms with van der Waals surface area (Å²) in [6, 6.07) is 13.9. The average Bonchev–Trinajstić information content (AvgIpc) is 3.08. The summed E-state index contributed by atoms with van der Waals surface area (Å²) in [5, 5.41) is 6.08. The first-order valence-corrected chi connectivity index (χ1v) is 9.62. The Bertz CT molecular complexity index is 900. The van der Waals surface area contributed by atoms with Gasteiger partial charge in [0.2, 0.25) is 11.8 Å². The van der Waals surface area contributed by atoms with Gasteiger partial charge in [-0.05, 0) is 30.7 Å². The van der Waals surface area contributed by atoms with Crippen molar-refractivity contribution in [2.24, 2.45) is 5.92 Å². The molecule has 3 amide bonds. The van der Waals surface area contributed by atoms with Gasteiger partial charge in [-0.15, -0.1) is 0 Å². The first-order valence-electron chi connectivity index (χ1n) is 9.24. The molecule has 0 bridgehead atoms. The number of carbonyl (C=O) groups is 3. The molecule has 1 atom stereocenters. The summed E-state index contributed by atoms with van der Waals surface area (Å²) in [4.78, 5) is 39.0. The van der Waals surface area contributed by atoms with Crippen LogP contribution in [0.4, 0.5) is 11.4 Å². The van der Waals surface area contributed by atoms with E-state index in [0.29, 0.717) is 28.5 Å². The second-order valence-electron chi connectivity index (χ2n) is 6.65. The Kier molecular flexibility index (Phi) is 6.31. The van der Waals surface area contributed by atoms with Crippen molar-refractivity contribution in [2.75, 3.05) is 23.3 Å². The van der Waals surface area contributed by atoms with Gasteiger partial charge in [0.15, 0.2) is 0 Å². The molecule has 2 N–H and O–H groups in total. The van der Waals surface area contributed by atoms with Crippen molar-refractivity contribution >= 4 is 40.7 Å². The highest BCUT2D eigenvalue weighted by molar-refractivity contribution is 6.34. The number of nitrogens with zero attached hydrogens (tertiary/aromatic N) is 1. The number of hydrogen-bond acceptors (Lipinski definition) is 3. The Morgan fingerprint density at radius 3 is 2.61 bits per heavy atom. The van der Waals surface area contributed by atoms with Crippen molar-refractivity contribution in [3.05, 3.63) is 59.1 Å². The topological polar surface area (TPSA) is 78.5 Å². The van der Waals surface area contributed by atoms with E-state index >= 15 is 0 Å². The van der Waals surface area contributed by atoms with Gasteiger partial charge in [0.1, 0.15) is 0 Å². The molecule has 0 aliphatic carbocycles. The fourth-order valence-corrected chi connectivity index (χ4v) is 3.38. The molecular weight excluding hydrogens is 378 g/mol. The van der Waals surface area contributed by atoms with Crippen LogP contribution in [-0.2, 0) is 9.59 Å². The van der Waals surface area contributed by atoms with E-state index in [0.717, 1.165) is 6.42 Å². The number of anilines is 2. The van der Waals surface area contributed by atoms with E-state index in [2.05, 4.69) is 10.6 Å². The van der Waals surface area contributed by atoms with E-state index in [1.165, 1.54) is 4.90 Å². The van der Waals surface area contributed by atoms with Crippen LogP contribution in [0, 0.1) is 5.92 Å². The van der Waals surface area contributed by atoms with E-state index in [4.69, 9.17) is 11.6 Å². The zero-order valence-electron chi connectivity index (χ0n) is 15.6. The van der Waals surface area contributed by atoms with Gasteiger partial charge in [-0.1, -0.05) is 42.8 Å². The molecule has 1 saturated heterocycles. The fraction of sp³-hybridized carbons (Fsp3) is 0.286. The van der Waals surface area contributed by atoms with E-state index < -0.39 is 5.92 Å². The van der Waals surface area contributed by atoms with E-state index in [1.807, 2.05) is 6.92 Å². The van der Waals surface area contributed by atoms with Crippen molar-refractivity contribution in [3.63, 3.8) is 0 Å². The molecule has 0 spiro atoms. The Morgan fingerprint density at radius 2 is 1.86 bits per heavy atom. The van der Waals surface area contributed by atoms with Crippen molar-refractivity contribution in [1.29, 1.82) is 0 Å². The van der Waals surface area contributed by atoms with Crippen LogP contribution in [0.5, 0.6) is 0 Å². The van der Waals surface area contributed by atoms with Gasteiger partial charge in [0, 0.05) is 19.5 Å². The zero-order valence-corrected chi connectivity index (χ0v) is 16.3. The van der Waals surface area contributed by atoms with Crippen molar-refractivity contribution < 1.29 is 14.4 Å². The number of para-hydroxylation sites is 2. The van der Waals surface area contributed by atoms with E-state index in [-0.39, 0.29) is 30.7 Å². The molecule has 1 fully saturated rings. The third-order valence-corrected chi connectivity index (χ3v) is 4.92. The first kappa shape index (κ1) is 19.9. The Hall–Kier alpha value is -2.86. The third kappa shape index (κ3) is 4.34. The Balaban J connectivity index is 1.72. The maximum atomic E-state index is 12.8. The monoisotopic (exact) mass is 399 g/mol. The van der Waals surface area contributed by atoms with Gasteiger partial charge < -0.3 is 15.5 Å². The lowest BCUT2D eigenvalue weighted by Crippen LogP contribution is -2.29. The highest BCUT2D eigenvalue weighted by atomic mass is 35.5. The molecule has 6 nitrogen and oxygen atoms in total. The maximum absolute atomic E-state index is 12.8. The van der Waals surface area contributed by atoms with Crippen molar-refractivity contribution in [3.8, 4) is 0 Å². The molecule has 0 unspecified atom stereocenters. The van der Waals surface area contributed by atoms with E-state index in [9.17, 15) is 14.4 Å². The summed E-state index contributed by atoms with van der Waals surface area (Å²) in [5.74, 6) is -1.20. The molecule has 2 aromatic rings. The molecule has 0 radical (unpaired) electrons. The summed E-state index contributed by atoms with van der Waals surface area (Å²) in [7, 11) is 0. The molecular formula is C21H22ClN3O3. The van der Waals surface area contributed by atoms with Gasteiger partial charge in [0.05, 0.1) is 27.9 Å². The minimum absolute atomic E-state index is 0.0985. The Morgan fingerprint density at radius 1 is 1.14 bits per heavy atom. The number of hydrogen-bond donors (Lipinski definition) is 2. The lowest BCUT2D eigenvalue weighted by molar-refractivity contribution is -0.122. The largest absolute Gasteiger partial charge is 0.352 e. The Labute approximate surface area is 168 Å². The van der Waals surface area contributed by atoms with E-state index in [1.54, 1.807) is 48.5 Å². The van der Waals surface area contributed by atoms with Gasteiger partial charge in [-0.25, -0.2) is 0 Å². The molecule has 1 heterocycles. The van der Waals surface area contributed by atoms with Crippen LogP contribution >= 0.6 is 11.6 Å². The maximum Gasteiger partial charge on any atom is 0.253 e. The van der Waals surface area contributed by atoms with Crippen LogP contribution < -0.4 is 15.5 Å². The zero-order chi connectivity index (χ0) is 20.1. The number of rotatable bonds is 6. The van der Waals surface area contributed by atoms with Crippen LogP contribution in [-0.4, -0.2) is 30.8 Å². The predicted molar refractivity (Wildman–Crippen MR) is 110 cm³/mol. The molecule has 28 heavy (non-hydrogen) atoms. The summed E-state index contributed by atoms with van der Waals surface area (Å²) >= 11 is 6.19. The SMILES string of the molecule is CCCNC(=O)c1ccccc1NC(=O)[C@H]1CC(=O)N(c2ccccc2Cl)C1. The standard InChI is InChI=1S/C21H22ClN3O3/c1-2-11-23-21(28)15-7-3-5-9-17(15)24-20(27)14-12-19(26)25(13-14)18-10-6-4-8-16(18)22/h3-10,14H,2,11-13H2,1H3,(H,23,28)(H,24,27)/t14-/m0/s1. The number of amides is 3. The molecule has 3 rings (SSSR count). The lowest BCUT2D eigenvalue weighted by atomic mass is 10.1. The minimum atomic E-state index is -0.518. The lowest BCUT2D eigenvalue weighted by Gasteiger charge is -2.18. The van der Waals surface area contributed by atoms with Gasteiger partial charge in [0.25, 0.3) is 5.91 Å².